The van der Waals surface area contributed by atoms with Crippen molar-refractivity contribution in [3.8, 4) is 0 Å². The molecular weight excluding hydrogens is 258 g/mol. The molecule has 0 saturated heterocycles. The van der Waals surface area contributed by atoms with Crippen molar-refractivity contribution in [3.63, 3.8) is 0 Å². The van der Waals surface area contributed by atoms with Gasteiger partial charge in [-0.1, -0.05) is 0 Å². The largest absolute Gasteiger partial charge is 0.443 e. The zero-order valence-corrected chi connectivity index (χ0v) is 10.7. The zero-order chi connectivity index (χ0) is 12.7. The summed E-state index contributed by atoms with van der Waals surface area (Å²) in [4.78, 5) is 0. The van der Waals surface area contributed by atoms with Crippen molar-refractivity contribution in [2.45, 2.75) is 37.8 Å². The molecule has 1 nitrogen and oxygen atoms in total. The van der Waals surface area contributed by atoms with Crippen molar-refractivity contribution in [1.29, 1.82) is 0 Å². The number of hydrogen-bond acceptors (Lipinski definition) is 1. The lowest BCUT2D eigenvalue weighted by molar-refractivity contribution is -0.0807. The monoisotopic (exact) mass is 270 g/mol. The number of rotatable bonds is 2. The van der Waals surface area contributed by atoms with Crippen LogP contribution in [0.3, 0.4) is 0 Å². The second kappa shape index (κ2) is 3.77. The predicted molar refractivity (Wildman–Crippen MR) is 48.2 cm³/mol. The van der Waals surface area contributed by atoms with E-state index >= 15 is 0 Å². The van der Waals surface area contributed by atoms with Crippen LogP contribution in [0.2, 0.25) is 26.2 Å². The fraction of sp³-hybridized carbons (Fsp3) is 1.00. The van der Waals surface area contributed by atoms with Gasteiger partial charge in [-0.3, -0.25) is 0 Å². The summed E-state index contributed by atoms with van der Waals surface area (Å²) in [6, 6.07) is 0. The van der Waals surface area contributed by atoms with E-state index in [1.807, 2.05) is 0 Å². The smallest absolute Gasteiger partial charge is 0.387 e. The van der Waals surface area contributed by atoms with Crippen LogP contribution in [0, 0.1) is 0 Å². The first-order valence-electron chi connectivity index (χ1n) is 4.04. The van der Waals surface area contributed by atoms with E-state index in [0.717, 1.165) is 26.2 Å². The fourth-order valence-corrected chi connectivity index (χ4v) is 6.78. The third kappa shape index (κ3) is 3.49. The second-order valence-corrected chi connectivity index (χ2v) is 12.1. The van der Waals surface area contributed by atoms with E-state index in [-0.39, 0.29) is 0 Å². The molecule has 0 unspecified atom stereocenters. The Morgan fingerprint density at radius 1 is 0.667 bits per heavy atom. The Hall–Kier alpha value is -0.0262. The van der Waals surface area contributed by atoms with E-state index < -0.39 is 28.2 Å². The molecule has 0 aromatic heterocycles. The molecule has 0 amide bonds. The second-order valence-electron chi connectivity index (χ2n) is 4.12. The lowest BCUT2D eigenvalue weighted by Gasteiger charge is -2.35. The van der Waals surface area contributed by atoms with Gasteiger partial charge in [0.05, 0.1) is 0 Å². The quantitative estimate of drug-likeness (QED) is 0.550. The molecular formula is C6H12F6OSi2. The third-order valence-corrected chi connectivity index (χ3v) is 8.69. The van der Waals surface area contributed by atoms with Gasteiger partial charge in [0.15, 0.2) is 0 Å². The maximum Gasteiger partial charge on any atom is 0.387 e. The molecule has 9 heteroatoms. The summed E-state index contributed by atoms with van der Waals surface area (Å²) in [5.41, 5.74) is 0. The Balaban J connectivity index is 4.89. The van der Waals surface area contributed by atoms with Gasteiger partial charge >= 0.3 is 11.6 Å². The van der Waals surface area contributed by atoms with Crippen LogP contribution < -0.4 is 0 Å². The summed E-state index contributed by atoms with van der Waals surface area (Å²) < 4.78 is 78.4. The first-order chi connectivity index (χ1) is 6.21. The third-order valence-electron chi connectivity index (χ3n) is 1.88. The van der Waals surface area contributed by atoms with Crippen LogP contribution in [0.5, 0.6) is 0 Å². The minimum atomic E-state index is -4.68. The summed E-state index contributed by atoms with van der Waals surface area (Å²) in [7, 11) is -8.62. The molecule has 0 bridgehead atoms. The van der Waals surface area contributed by atoms with Crippen molar-refractivity contribution >= 4 is 16.6 Å². The summed E-state index contributed by atoms with van der Waals surface area (Å²) in [6.07, 6.45) is 0. The molecule has 0 saturated carbocycles. The lowest BCUT2D eigenvalue weighted by atomic mass is 11.5. The highest BCUT2D eigenvalue weighted by atomic mass is 28.4. The van der Waals surface area contributed by atoms with Gasteiger partial charge in [-0.05, 0) is 26.2 Å². The van der Waals surface area contributed by atoms with Gasteiger partial charge in [0.25, 0.3) is 16.6 Å². The summed E-state index contributed by atoms with van der Waals surface area (Å²) in [5, 5.41) is 0. The average Bonchev–Trinajstić information content (AvgIpc) is 1.77. The Bertz CT molecular complexity index is 207. The topological polar surface area (TPSA) is 9.23 Å². The molecule has 0 aliphatic heterocycles. The number of halogens is 6. The minimum absolute atomic E-state index is 0.730. The van der Waals surface area contributed by atoms with E-state index in [2.05, 4.69) is 4.12 Å². The van der Waals surface area contributed by atoms with E-state index in [1.165, 1.54) is 0 Å². The Morgan fingerprint density at radius 2 is 0.867 bits per heavy atom. The summed E-state index contributed by atoms with van der Waals surface area (Å²) >= 11 is 0. The molecule has 0 N–H and O–H groups in total. The van der Waals surface area contributed by atoms with E-state index in [4.69, 9.17) is 0 Å². The SMILES string of the molecule is C[Si](C)(O[Si](C)(C)C(F)(F)F)C(F)(F)F. The van der Waals surface area contributed by atoms with Gasteiger partial charge in [0.2, 0.25) is 0 Å². The van der Waals surface area contributed by atoms with Gasteiger partial charge in [0, 0.05) is 0 Å². The van der Waals surface area contributed by atoms with Crippen LogP contribution in [-0.2, 0) is 4.12 Å². The summed E-state index contributed by atoms with van der Waals surface area (Å²) in [5.74, 6) is -9.36. The summed E-state index contributed by atoms with van der Waals surface area (Å²) in [6.45, 7) is 2.92. The van der Waals surface area contributed by atoms with Gasteiger partial charge in [-0.25, -0.2) is 0 Å². The van der Waals surface area contributed by atoms with E-state index in [1.54, 1.807) is 0 Å². The first kappa shape index (κ1) is 15.0. The van der Waals surface area contributed by atoms with E-state index in [0.29, 0.717) is 0 Å². The zero-order valence-electron chi connectivity index (χ0n) is 8.68. The molecule has 0 fully saturated rings. The van der Waals surface area contributed by atoms with Crippen LogP contribution in [0.25, 0.3) is 0 Å². The molecule has 0 radical (unpaired) electrons. The highest BCUT2D eigenvalue weighted by Gasteiger charge is 2.61. The highest BCUT2D eigenvalue weighted by molar-refractivity contribution is 6.86. The maximum atomic E-state index is 12.3. The molecule has 0 atom stereocenters. The van der Waals surface area contributed by atoms with Crippen LogP contribution in [-0.4, -0.2) is 28.2 Å². The van der Waals surface area contributed by atoms with Gasteiger partial charge in [-0.2, -0.15) is 26.3 Å². The molecule has 0 aliphatic carbocycles. The Kier molecular flexibility index (Phi) is 3.76. The first-order valence-corrected chi connectivity index (χ1v) is 9.86. The van der Waals surface area contributed by atoms with Crippen LogP contribution >= 0.6 is 0 Å². The van der Waals surface area contributed by atoms with Crippen molar-refractivity contribution in [1.82, 2.24) is 0 Å². The van der Waals surface area contributed by atoms with Crippen molar-refractivity contribution in [3.05, 3.63) is 0 Å². The molecule has 0 spiro atoms. The van der Waals surface area contributed by atoms with Gasteiger partial charge < -0.3 is 4.12 Å². The fourth-order valence-electron chi connectivity index (χ4n) is 0.754. The van der Waals surface area contributed by atoms with Crippen molar-refractivity contribution in [2.24, 2.45) is 0 Å². The Labute approximate surface area is 85.7 Å². The number of hydrogen-bond donors (Lipinski definition) is 0. The normalized spacial score (nSPS) is 15.6. The van der Waals surface area contributed by atoms with Gasteiger partial charge in [0.1, 0.15) is 0 Å². The molecule has 0 aliphatic rings. The molecule has 0 aromatic rings. The van der Waals surface area contributed by atoms with Crippen LogP contribution in [0.1, 0.15) is 0 Å². The highest BCUT2D eigenvalue weighted by Crippen LogP contribution is 2.37. The molecule has 0 aromatic carbocycles. The number of alkyl halides is 6. The van der Waals surface area contributed by atoms with Crippen LogP contribution in [0.4, 0.5) is 26.3 Å². The Morgan fingerprint density at radius 3 is 1.00 bits per heavy atom. The lowest BCUT2D eigenvalue weighted by Crippen LogP contribution is -2.60. The predicted octanol–water partition coefficient (Wildman–Crippen LogP) is 3.62. The average molecular weight is 270 g/mol. The van der Waals surface area contributed by atoms with Crippen molar-refractivity contribution < 1.29 is 30.5 Å². The minimum Gasteiger partial charge on any atom is -0.443 e. The van der Waals surface area contributed by atoms with Gasteiger partial charge in [-0.15, -0.1) is 0 Å². The standard InChI is InChI=1S/C6H12F6OSi2/c1-14(2,5(7,8)9)13-15(3,4)6(10,11)12/h1-4H3. The maximum absolute atomic E-state index is 12.3. The molecule has 92 valence electrons. The van der Waals surface area contributed by atoms with E-state index in [9.17, 15) is 26.3 Å². The van der Waals surface area contributed by atoms with Crippen molar-refractivity contribution in [2.75, 3.05) is 0 Å². The molecule has 15 heavy (non-hydrogen) atoms. The van der Waals surface area contributed by atoms with Crippen LogP contribution in [0.15, 0.2) is 0 Å². The molecule has 0 heterocycles. The molecule has 0 rings (SSSR count).